The third kappa shape index (κ3) is 5.10. The fourth-order valence-electron chi connectivity index (χ4n) is 3.42. The van der Waals surface area contributed by atoms with Crippen molar-refractivity contribution in [3.05, 3.63) is 35.1 Å². The second-order valence-corrected chi connectivity index (χ2v) is 11.0. The molecule has 2 aromatic heterocycles. The highest BCUT2D eigenvalue weighted by molar-refractivity contribution is 9.10. The van der Waals surface area contributed by atoms with Crippen LogP contribution in [0, 0.1) is 0 Å². The molecule has 12 heteroatoms. The molecular formula is C20H23BrN6O3S2. The number of benzene rings is 1. The van der Waals surface area contributed by atoms with E-state index in [9.17, 15) is 14.8 Å². The van der Waals surface area contributed by atoms with Crippen LogP contribution in [0.1, 0.15) is 13.8 Å². The first kappa shape index (κ1) is 23.5. The largest absolute Gasteiger partial charge is 0.616 e. The lowest BCUT2D eigenvalue weighted by Crippen LogP contribution is -2.43. The van der Waals surface area contributed by atoms with Crippen molar-refractivity contribution in [2.24, 2.45) is 0 Å². The summed E-state index contributed by atoms with van der Waals surface area (Å²) in [5.74, 6) is 1.84. The van der Waals surface area contributed by atoms with Crippen molar-refractivity contribution < 1.29 is 14.8 Å². The highest BCUT2D eigenvalue weighted by Gasteiger charge is 2.28. The zero-order valence-electron chi connectivity index (χ0n) is 17.6. The molecule has 2 unspecified atom stereocenters. The summed E-state index contributed by atoms with van der Waals surface area (Å²) in [6.07, 6.45) is -0.540. The minimum atomic E-state index is -1.01. The van der Waals surface area contributed by atoms with Gasteiger partial charge in [-0.25, -0.2) is 15.0 Å². The van der Waals surface area contributed by atoms with E-state index >= 15 is 0 Å². The molecule has 1 aromatic carbocycles. The van der Waals surface area contributed by atoms with E-state index in [1.54, 1.807) is 13.8 Å². The Kier molecular flexibility index (Phi) is 7.37. The van der Waals surface area contributed by atoms with Gasteiger partial charge in [0.15, 0.2) is 5.82 Å². The first-order chi connectivity index (χ1) is 15.3. The molecule has 1 aliphatic heterocycles. The maximum atomic E-state index is 11.9. The Balaban J connectivity index is 1.86. The zero-order chi connectivity index (χ0) is 22.8. The van der Waals surface area contributed by atoms with Gasteiger partial charge in [-0.3, -0.25) is 4.90 Å². The molecule has 32 heavy (non-hydrogen) atoms. The van der Waals surface area contributed by atoms with Gasteiger partial charge < -0.3 is 19.7 Å². The lowest BCUT2D eigenvalue weighted by Gasteiger charge is -2.32. The molecule has 0 saturated carbocycles. The summed E-state index contributed by atoms with van der Waals surface area (Å²) in [5.41, 5.74) is 1.10. The summed E-state index contributed by atoms with van der Waals surface area (Å²) in [7, 11) is 0. The first-order valence-electron chi connectivity index (χ1n) is 10.0. The number of hydrogen-bond donors (Lipinski definition) is 2. The van der Waals surface area contributed by atoms with E-state index in [2.05, 4.69) is 35.9 Å². The van der Waals surface area contributed by atoms with Gasteiger partial charge in [0, 0.05) is 9.37 Å². The lowest BCUT2D eigenvalue weighted by atomic mass is 10.3. The lowest BCUT2D eigenvalue weighted by molar-refractivity contribution is 0.103. The fraction of sp³-hybridized carbons (Fsp3) is 0.400. The molecule has 3 aromatic rings. The third-order valence-corrected chi connectivity index (χ3v) is 7.76. The van der Waals surface area contributed by atoms with Crippen molar-refractivity contribution in [3.8, 4) is 0 Å². The smallest absolute Gasteiger partial charge is 0.232 e. The SMILES string of the molecule is CC(O)N(c1nc(N2CC[S+]([O-])CC2)c2ncnc(Sc3ccc(Br)cc3)c2n1)C(C)O. The molecule has 2 N–H and O–H groups in total. The minimum Gasteiger partial charge on any atom is -0.616 e. The number of aliphatic hydroxyl groups excluding tert-OH is 2. The second kappa shape index (κ2) is 10.1. The number of halogens is 1. The van der Waals surface area contributed by atoms with Gasteiger partial charge >= 0.3 is 0 Å². The van der Waals surface area contributed by atoms with E-state index in [0.29, 0.717) is 46.5 Å². The highest BCUT2D eigenvalue weighted by Crippen LogP contribution is 2.35. The quantitative estimate of drug-likeness (QED) is 0.274. The number of rotatable bonds is 6. The Bertz CT molecular complexity index is 1070. The predicted octanol–water partition coefficient (Wildman–Crippen LogP) is 2.39. The van der Waals surface area contributed by atoms with Gasteiger partial charge in [0.2, 0.25) is 5.95 Å². The van der Waals surface area contributed by atoms with Gasteiger partial charge in [-0.2, -0.15) is 4.98 Å². The van der Waals surface area contributed by atoms with Crippen LogP contribution in [0.4, 0.5) is 11.8 Å². The summed E-state index contributed by atoms with van der Waals surface area (Å²) in [5, 5.41) is 21.2. The molecule has 1 fully saturated rings. The molecule has 170 valence electrons. The number of aromatic nitrogens is 4. The molecule has 0 bridgehead atoms. The van der Waals surface area contributed by atoms with Crippen molar-refractivity contribution in [2.45, 2.75) is 36.2 Å². The van der Waals surface area contributed by atoms with Gasteiger partial charge in [0.25, 0.3) is 0 Å². The second-order valence-electron chi connectivity index (χ2n) is 7.29. The van der Waals surface area contributed by atoms with E-state index < -0.39 is 23.6 Å². The van der Waals surface area contributed by atoms with Crippen molar-refractivity contribution in [1.29, 1.82) is 0 Å². The molecule has 9 nitrogen and oxygen atoms in total. The Labute approximate surface area is 201 Å². The van der Waals surface area contributed by atoms with Crippen LogP contribution in [-0.2, 0) is 11.2 Å². The van der Waals surface area contributed by atoms with Crippen molar-refractivity contribution in [2.75, 3.05) is 34.4 Å². The molecule has 4 rings (SSSR count). The number of fused-ring (bicyclic) bond motifs is 1. The molecule has 1 saturated heterocycles. The Morgan fingerprint density at radius 3 is 2.34 bits per heavy atom. The summed E-state index contributed by atoms with van der Waals surface area (Å²) < 4.78 is 12.9. The topological polar surface area (TPSA) is 122 Å². The van der Waals surface area contributed by atoms with Crippen LogP contribution >= 0.6 is 27.7 Å². The molecule has 0 spiro atoms. The fourth-order valence-corrected chi connectivity index (χ4v) is 5.57. The van der Waals surface area contributed by atoms with Crippen LogP contribution in [0.25, 0.3) is 11.0 Å². The zero-order valence-corrected chi connectivity index (χ0v) is 20.8. The van der Waals surface area contributed by atoms with E-state index in [1.165, 1.54) is 23.0 Å². The normalized spacial score (nSPS) is 16.9. The molecule has 3 heterocycles. The van der Waals surface area contributed by atoms with E-state index in [4.69, 9.17) is 0 Å². The van der Waals surface area contributed by atoms with Crippen LogP contribution in [0.5, 0.6) is 0 Å². The van der Waals surface area contributed by atoms with Crippen LogP contribution in [0.15, 0.2) is 45.0 Å². The number of hydrogen-bond acceptors (Lipinski definition) is 10. The molecule has 0 radical (unpaired) electrons. The van der Waals surface area contributed by atoms with Gasteiger partial charge in [-0.15, -0.1) is 0 Å². The van der Waals surface area contributed by atoms with Crippen molar-refractivity contribution in [1.82, 2.24) is 19.9 Å². The highest BCUT2D eigenvalue weighted by atomic mass is 79.9. The minimum absolute atomic E-state index is 0.177. The summed E-state index contributed by atoms with van der Waals surface area (Å²) in [4.78, 5) is 22.6. The average molecular weight is 539 g/mol. The van der Waals surface area contributed by atoms with E-state index in [1.807, 2.05) is 29.2 Å². The number of anilines is 2. The predicted molar refractivity (Wildman–Crippen MR) is 129 cm³/mol. The van der Waals surface area contributed by atoms with Crippen LogP contribution in [0.3, 0.4) is 0 Å². The van der Waals surface area contributed by atoms with Crippen molar-refractivity contribution in [3.63, 3.8) is 0 Å². The Hall–Kier alpha value is -1.70. The molecule has 1 aliphatic rings. The van der Waals surface area contributed by atoms with Crippen LogP contribution in [0.2, 0.25) is 0 Å². The number of aliphatic hydroxyl groups is 2. The summed E-state index contributed by atoms with van der Waals surface area (Å²) >= 11 is 4.04. The van der Waals surface area contributed by atoms with Crippen LogP contribution in [-0.4, -0.2) is 71.8 Å². The maximum Gasteiger partial charge on any atom is 0.232 e. The van der Waals surface area contributed by atoms with Gasteiger partial charge in [-0.05, 0) is 38.1 Å². The molecule has 0 amide bonds. The van der Waals surface area contributed by atoms with E-state index in [0.717, 1.165) is 9.37 Å². The van der Waals surface area contributed by atoms with E-state index in [-0.39, 0.29) is 5.95 Å². The summed E-state index contributed by atoms with van der Waals surface area (Å²) in [6, 6.07) is 7.86. The molecular weight excluding hydrogens is 516 g/mol. The monoisotopic (exact) mass is 538 g/mol. The van der Waals surface area contributed by atoms with Gasteiger partial charge in [0.05, 0.1) is 13.1 Å². The Morgan fingerprint density at radius 2 is 1.72 bits per heavy atom. The third-order valence-electron chi connectivity index (χ3n) is 4.96. The van der Waals surface area contributed by atoms with Gasteiger partial charge in [-0.1, -0.05) is 38.9 Å². The molecule has 0 aliphatic carbocycles. The van der Waals surface area contributed by atoms with Crippen LogP contribution < -0.4 is 9.80 Å². The Morgan fingerprint density at radius 1 is 1.06 bits per heavy atom. The van der Waals surface area contributed by atoms with Crippen molar-refractivity contribution >= 4 is 61.7 Å². The first-order valence-corrected chi connectivity index (χ1v) is 13.1. The average Bonchev–Trinajstić information content (AvgIpc) is 2.75. The maximum absolute atomic E-state index is 11.9. The summed E-state index contributed by atoms with van der Waals surface area (Å²) in [6.45, 7) is 4.23. The molecule has 2 atom stereocenters. The standard InChI is InChI=1S/C20H23BrN6O3S2/c1-12(28)27(13(2)29)20-24-17-16(18(25-20)26-7-9-32(30)10-8-26)22-11-23-19(17)31-15-5-3-14(21)4-6-15/h3-6,11-13,28-29H,7-10H2,1-2H3. The number of nitrogens with zero attached hydrogens (tertiary/aromatic N) is 6. The van der Waals surface area contributed by atoms with Gasteiger partial charge in [0.1, 0.15) is 46.3 Å².